The second kappa shape index (κ2) is 4.21. The van der Waals surface area contributed by atoms with Gasteiger partial charge >= 0.3 is 0 Å². The predicted molar refractivity (Wildman–Crippen MR) is 48.3 cm³/mol. The maximum atomic E-state index is 8.77. The molecule has 0 aliphatic rings. The van der Waals surface area contributed by atoms with E-state index >= 15 is 0 Å². The number of aliphatic hydroxyl groups is 1. The van der Waals surface area contributed by atoms with E-state index in [0.717, 1.165) is 11.1 Å². The van der Waals surface area contributed by atoms with Gasteiger partial charge in [-0.25, -0.2) is 0 Å². The van der Waals surface area contributed by atoms with Gasteiger partial charge in [-0.15, -0.1) is 0 Å². The zero-order valence-corrected chi connectivity index (χ0v) is 6.90. The topological polar surface area (TPSA) is 72.3 Å². The van der Waals surface area contributed by atoms with Crippen LogP contribution in [-0.4, -0.2) is 11.7 Å². The summed E-state index contributed by atoms with van der Waals surface area (Å²) in [6.45, 7) is 0.511. The lowest BCUT2D eigenvalue weighted by molar-refractivity contribution is 0.268. The SMILES string of the molecule is NCc1ccc(C(N)CO)cc1. The molecule has 3 nitrogen and oxygen atoms in total. The van der Waals surface area contributed by atoms with E-state index < -0.39 is 0 Å². The van der Waals surface area contributed by atoms with Gasteiger partial charge in [-0.2, -0.15) is 0 Å². The smallest absolute Gasteiger partial charge is 0.0624 e. The largest absolute Gasteiger partial charge is 0.394 e. The summed E-state index contributed by atoms with van der Waals surface area (Å²) < 4.78 is 0. The predicted octanol–water partition coefficient (Wildman–Crippen LogP) is 0.137. The molecule has 1 rings (SSSR count). The van der Waals surface area contributed by atoms with Crippen molar-refractivity contribution in [1.82, 2.24) is 0 Å². The monoisotopic (exact) mass is 166 g/mol. The van der Waals surface area contributed by atoms with Crippen LogP contribution in [0.3, 0.4) is 0 Å². The fraction of sp³-hybridized carbons (Fsp3) is 0.333. The molecule has 0 spiro atoms. The van der Waals surface area contributed by atoms with Crippen molar-refractivity contribution >= 4 is 0 Å². The van der Waals surface area contributed by atoms with Crippen LogP contribution in [-0.2, 0) is 6.54 Å². The molecule has 0 saturated carbocycles. The van der Waals surface area contributed by atoms with Gasteiger partial charge in [-0.05, 0) is 11.1 Å². The highest BCUT2D eigenvalue weighted by Gasteiger charge is 2.02. The molecular weight excluding hydrogens is 152 g/mol. The van der Waals surface area contributed by atoms with Gasteiger partial charge < -0.3 is 16.6 Å². The molecule has 0 radical (unpaired) electrons. The Hall–Kier alpha value is -0.900. The number of aliphatic hydroxyl groups excluding tert-OH is 1. The van der Waals surface area contributed by atoms with E-state index in [1.165, 1.54) is 0 Å². The second-order valence-corrected chi connectivity index (χ2v) is 2.73. The molecule has 5 N–H and O–H groups in total. The minimum atomic E-state index is -0.281. The molecule has 66 valence electrons. The quantitative estimate of drug-likeness (QED) is 0.598. The van der Waals surface area contributed by atoms with E-state index in [9.17, 15) is 0 Å². The molecule has 0 aliphatic carbocycles. The van der Waals surface area contributed by atoms with Crippen LogP contribution in [0.25, 0.3) is 0 Å². The van der Waals surface area contributed by atoms with Crippen LogP contribution in [0.2, 0.25) is 0 Å². The molecule has 0 bridgehead atoms. The van der Waals surface area contributed by atoms with E-state index in [-0.39, 0.29) is 12.6 Å². The van der Waals surface area contributed by atoms with Gasteiger partial charge in [0.25, 0.3) is 0 Å². The standard InChI is InChI=1S/C9H14N2O/c10-5-7-1-3-8(4-2-7)9(11)6-12/h1-4,9,12H,5-6,10-11H2. The highest BCUT2D eigenvalue weighted by atomic mass is 16.3. The summed E-state index contributed by atoms with van der Waals surface area (Å²) in [6.07, 6.45) is 0. The highest BCUT2D eigenvalue weighted by molar-refractivity contribution is 5.24. The molecule has 0 aliphatic heterocycles. The summed E-state index contributed by atoms with van der Waals surface area (Å²) in [6, 6.07) is 7.35. The van der Waals surface area contributed by atoms with Crippen molar-refractivity contribution in [3.63, 3.8) is 0 Å². The molecule has 1 aromatic rings. The minimum absolute atomic E-state index is 0.0258. The van der Waals surface area contributed by atoms with Crippen LogP contribution in [0.15, 0.2) is 24.3 Å². The maximum absolute atomic E-state index is 8.77. The van der Waals surface area contributed by atoms with Crippen LogP contribution in [0.1, 0.15) is 17.2 Å². The van der Waals surface area contributed by atoms with Crippen molar-refractivity contribution in [2.24, 2.45) is 11.5 Å². The lowest BCUT2D eigenvalue weighted by Gasteiger charge is -2.08. The van der Waals surface area contributed by atoms with E-state index in [2.05, 4.69) is 0 Å². The summed E-state index contributed by atoms with van der Waals surface area (Å²) in [5.41, 5.74) is 13.0. The first-order chi connectivity index (χ1) is 5.77. The maximum Gasteiger partial charge on any atom is 0.0624 e. The number of benzene rings is 1. The van der Waals surface area contributed by atoms with Crippen molar-refractivity contribution in [2.45, 2.75) is 12.6 Å². The van der Waals surface area contributed by atoms with Gasteiger partial charge in [-0.3, -0.25) is 0 Å². The summed E-state index contributed by atoms with van der Waals surface area (Å²) >= 11 is 0. The Kier molecular flexibility index (Phi) is 3.22. The number of hydrogen-bond acceptors (Lipinski definition) is 3. The van der Waals surface area contributed by atoms with Crippen LogP contribution >= 0.6 is 0 Å². The third kappa shape index (κ3) is 2.04. The highest BCUT2D eigenvalue weighted by Crippen LogP contribution is 2.10. The molecule has 1 atom stereocenters. The summed E-state index contributed by atoms with van der Waals surface area (Å²) in [5.74, 6) is 0. The van der Waals surface area contributed by atoms with Crippen LogP contribution in [0.5, 0.6) is 0 Å². The Morgan fingerprint density at radius 2 is 1.83 bits per heavy atom. The van der Waals surface area contributed by atoms with Crippen molar-refractivity contribution in [1.29, 1.82) is 0 Å². The Morgan fingerprint density at radius 3 is 2.25 bits per heavy atom. The van der Waals surface area contributed by atoms with Crippen molar-refractivity contribution < 1.29 is 5.11 Å². The second-order valence-electron chi connectivity index (χ2n) is 2.73. The van der Waals surface area contributed by atoms with Gasteiger partial charge in [0.15, 0.2) is 0 Å². The Bertz CT molecular complexity index is 233. The van der Waals surface area contributed by atoms with Crippen LogP contribution < -0.4 is 11.5 Å². The average Bonchev–Trinajstić information content (AvgIpc) is 2.17. The molecule has 0 aromatic heterocycles. The zero-order chi connectivity index (χ0) is 8.97. The lowest BCUT2D eigenvalue weighted by Crippen LogP contribution is -2.14. The lowest BCUT2D eigenvalue weighted by atomic mass is 10.1. The molecule has 0 heterocycles. The van der Waals surface area contributed by atoms with Crippen LogP contribution in [0.4, 0.5) is 0 Å². The van der Waals surface area contributed by atoms with Crippen LogP contribution in [0, 0.1) is 0 Å². The third-order valence-corrected chi connectivity index (χ3v) is 1.84. The molecule has 3 heteroatoms. The van der Waals surface area contributed by atoms with Gasteiger partial charge in [0.1, 0.15) is 0 Å². The number of nitrogens with two attached hydrogens (primary N) is 2. The van der Waals surface area contributed by atoms with Gasteiger partial charge in [0.2, 0.25) is 0 Å². The van der Waals surface area contributed by atoms with E-state index in [1.54, 1.807) is 0 Å². The molecule has 0 amide bonds. The van der Waals surface area contributed by atoms with E-state index in [1.807, 2.05) is 24.3 Å². The summed E-state index contributed by atoms with van der Waals surface area (Å²) in [4.78, 5) is 0. The zero-order valence-electron chi connectivity index (χ0n) is 6.90. The van der Waals surface area contributed by atoms with Gasteiger partial charge in [0.05, 0.1) is 12.6 Å². The fourth-order valence-corrected chi connectivity index (χ4v) is 1.01. The van der Waals surface area contributed by atoms with Crippen molar-refractivity contribution in [2.75, 3.05) is 6.61 Å². The summed E-state index contributed by atoms with van der Waals surface area (Å²) in [7, 11) is 0. The Balaban J connectivity index is 2.77. The van der Waals surface area contributed by atoms with Crippen molar-refractivity contribution in [3.8, 4) is 0 Å². The normalized spacial score (nSPS) is 12.9. The summed E-state index contributed by atoms with van der Waals surface area (Å²) in [5, 5.41) is 8.77. The molecular formula is C9H14N2O. The first-order valence-corrected chi connectivity index (χ1v) is 3.93. The fourth-order valence-electron chi connectivity index (χ4n) is 1.01. The number of rotatable bonds is 3. The van der Waals surface area contributed by atoms with Gasteiger partial charge in [-0.1, -0.05) is 24.3 Å². The first-order valence-electron chi connectivity index (χ1n) is 3.93. The molecule has 12 heavy (non-hydrogen) atoms. The third-order valence-electron chi connectivity index (χ3n) is 1.84. The molecule has 0 fully saturated rings. The minimum Gasteiger partial charge on any atom is -0.394 e. The molecule has 0 saturated heterocycles. The van der Waals surface area contributed by atoms with Crippen molar-refractivity contribution in [3.05, 3.63) is 35.4 Å². The Morgan fingerprint density at radius 1 is 1.25 bits per heavy atom. The van der Waals surface area contributed by atoms with E-state index in [0.29, 0.717) is 6.54 Å². The average molecular weight is 166 g/mol. The van der Waals surface area contributed by atoms with Gasteiger partial charge in [0, 0.05) is 6.54 Å². The Labute approximate surface area is 72.0 Å². The molecule has 1 aromatic carbocycles. The number of hydrogen-bond donors (Lipinski definition) is 3. The van der Waals surface area contributed by atoms with E-state index in [4.69, 9.17) is 16.6 Å². The first kappa shape index (κ1) is 9.19. The molecule has 1 unspecified atom stereocenters.